The van der Waals surface area contributed by atoms with Crippen molar-refractivity contribution in [2.75, 3.05) is 5.73 Å². The molecule has 2 rings (SSSR count). The Morgan fingerprint density at radius 3 is 2.81 bits per heavy atom. The first-order chi connectivity index (χ1) is 7.59. The van der Waals surface area contributed by atoms with Crippen LogP contribution in [0.3, 0.4) is 0 Å². The zero-order valence-corrected chi connectivity index (χ0v) is 8.25. The highest BCUT2D eigenvalue weighted by molar-refractivity contribution is 5.88. The largest absolute Gasteiger partial charge is 0.480 e. The van der Waals surface area contributed by atoms with E-state index in [4.69, 9.17) is 10.8 Å². The lowest BCUT2D eigenvalue weighted by Gasteiger charge is -2.08. The van der Waals surface area contributed by atoms with E-state index in [1.54, 1.807) is 24.3 Å². The fourth-order valence-electron chi connectivity index (χ4n) is 1.49. The van der Waals surface area contributed by atoms with Crippen molar-refractivity contribution >= 4 is 22.7 Å². The van der Waals surface area contributed by atoms with Gasteiger partial charge in [-0.05, 0) is 12.1 Å². The first-order valence-electron chi connectivity index (χ1n) is 4.56. The van der Waals surface area contributed by atoms with Crippen molar-refractivity contribution in [2.24, 2.45) is 0 Å². The maximum absolute atomic E-state index is 11.5. The van der Waals surface area contributed by atoms with Gasteiger partial charge in [-0.3, -0.25) is 9.36 Å². The molecule has 16 heavy (non-hydrogen) atoms. The number of nitrogens with zero attached hydrogens (tertiary/aromatic N) is 2. The van der Waals surface area contributed by atoms with Crippen molar-refractivity contribution in [1.82, 2.24) is 9.55 Å². The third-order valence-electron chi connectivity index (χ3n) is 2.21. The molecule has 6 nitrogen and oxygen atoms in total. The number of hydrogen-bond acceptors (Lipinski definition) is 4. The van der Waals surface area contributed by atoms with Crippen LogP contribution in [0.15, 0.2) is 29.1 Å². The number of hydrogen-bond donors (Lipinski definition) is 2. The Balaban J connectivity index is 2.75. The maximum Gasteiger partial charge on any atom is 0.350 e. The third-order valence-corrected chi connectivity index (χ3v) is 2.21. The molecule has 0 fully saturated rings. The molecule has 82 valence electrons. The topological polar surface area (TPSA) is 98.2 Å². The highest BCUT2D eigenvalue weighted by atomic mass is 16.4. The SMILES string of the molecule is Nc1c2ccccc2nc(=O)n1CC(=O)O. The summed E-state index contributed by atoms with van der Waals surface area (Å²) < 4.78 is 0.935. The van der Waals surface area contributed by atoms with E-state index in [0.717, 1.165) is 4.57 Å². The van der Waals surface area contributed by atoms with E-state index in [1.165, 1.54) is 0 Å². The minimum Gasteiger partial charge on any atom is -0.480 e. The molecule has 0 aliphatic rings. The van der Waals surface area contributed by atoms with E-state index in [9.17, 15) is 9.59 Å². The average molecular weight is 219 g/mol. The summed E-state index contributed by atoms with van der Waals surface area (Å²) in [5, 5.41) is 9.22. The van der Waals surface area contributed by atoms with Crippen LogP contribution in [0.4, 0.5) is 5.82 Å². The lowest BCUT2D eigenvalue weighted by Crippen LogP contribution is -2.28. The standard InChI is InChI=1S/C10H9N3O3/c11-9-6-3-1-2-4-7(6)12-10(16)13(9)5-8(14)15/h1-4H,5,11H2,(H,14,15). The molecule has 1 heterocycles. The summed E-state index contributed by atoms with van der Waals surface area (Å²) in [6.07, 6.45) is 0. The van der Waals surface area contributed by atoms with Crippen molar-refractivity contribution in [2.45, 2.75) is 6.54 Å². The highest BCUT2D eigenvalue weighted by Crippen LogP contribution is 2.15. The second-order valence-electron chi connectivity index (χ2n) is 3.28. The number of para-hydroxylation sites is 1. The minimum atomic E-state index is -1.13. The summed E-state index contributed by atoms with van der Waals surface area (Å²) in [6, 6.07) is 6.82. The fourth-order valence-corrected chi connectivity index (χ4v) is 1.49. The van der Waals surface area contributed by atoms with E-state index in [2.05, 4.69) is 4.98 Å². The number of carboxylic acids is 1. The van der Waals surface area contributed by atoms with Crippen LogP contribution in [0, 0.1) is 0 Å². The molecule has 0 bridgehead atoms. The Hall–Kier alpha value is -2.37. The number of nitrogens with two attached hydrogens (primary N) is 1. The summed E-state index contributed by atoms with van der Waals surface area (Å²) in [6.45, 7) is -0.484. The molecule has 0 radical (unpaired) electrons. The van der Waals surface area contributed by atoms with Gasteiger partial charge in [-0.15, -0.1) is 0 Å². The normalized spacial score (nSPS) is 10.5. The van der Waals surface area contributed by atoms with Gasteiger partial charge in [0.15, 0.2) is 0 Å². The maximum atomic E-state index is 11.5. The number of carboxylic acid groups (broad SMARTS) is 1. The van der Waals surface area contributed by atoms with Crippen LogP contribution in [-0.4, -0.2) is 20.6 Å². The van der Waals surface area contributed by atoms with Crippen LogP contribution in [0.2, 0.25) is 0 Å². The van der Waals surface area contributed by atoms with Gasteiger partial charge in [0.1, 0.15) is 12.4 Å². The monoisotopic (exact) mass is 219 g/mol. The van der Waals surface area contributed by atoms with E-state index >= 15 is 0 Å². The van der Waals surface area contributed by atoms with Crippen LogP contribution in [0.1, 0.15) is 0 Å². The first kappa shape index (κ1) is 10.2. The molecule has 0 amide bonds. The first-order valence-corrected chi connectivity index (χ1v) is 4.56. The molecule has 1 aromatic heterocycles. The Kier molecular flexibility index (Phi) is 2.32. The third kappa shape index (κ3) is 1.60. The van der Waals surface area contributed by atoms with Crippen LogP contribution in [0.5, 0.6) is 0 Å². The van der Waals surface area contributed by atoms with E-state index in [1.807, 2.05) is 0 Å². The number of rotatable bonds is 2. The fraction of sp³-hybridized carbons (Fsp3) is 0.100. The quantitative estimate of drug-likeness (QED) is 0.744. The lowest BCUT2D eigenvalue weighted by atomic mass is 10.2. The van der Waals surface area contributed by atoms with Gasteiger partial charge in [-0.25, -0.2) is 4.79 Å². The number of aromatic nitrogens is 2. The van der Waals surface area contributed by atoms with Gasteiger partial charge in [0.05, 0.1) is 5.52 Å². The van der Waals surface area contributed by atoms with E-state index in [-0.39, 0.29) is 5.82 Å². The molecule has 0 saturated heterocycles. The van der Waals surface area contributed by atoms with Crippen molar-refractivity contribution in [1.29, 1.82) is 0 Å². The van der Waals surface area contributed by atoms with E-state index < -0.39 is 18.2 Å². The van der Waals surface area contributed by atoms with Gasteiger partial charge in [0.2, 0.25) is 0 Å². The van der Waals surface area contributed by atoms with Crippen molar-refractivity contribution < 1.29 is 9.90 Å². The molecule has 0 aliphatic heterocycles. The molecule has 0 spiro atoms. The summed E-state index contributed by atoms with van der Waals surface area (Å²) in [5.41, 5.74) is 5.54. The number of anilines is 1. The highest BCUT2D eigenvalue weighted by Gasteiger charge is 2.10. The minimum absolute atomic E-state index is 0.123. The number of carbonyl (C=O) groups is 1. The molecule has 1 aromatic carbocycles. The molecular formula is C10H9N3O3. The van der Waals surface area contributed by atoms with Crippen LogP contribution in [0.25, 0.3) is 10.9 Å². The molecular weight excluding hydrogens is 210 g/mol. The summed E-state index contributed by atoms with van der Waals surface area (Å²) >= 11 is 0. The van der Waals surface area contributed by atoms with Gasteiger partial charge in [-0.1, -0.05) is 12.1 Å². The van der Waals surface area contributed by atoms with Crippen molar-refractivity contribution in [3.63, 3.8) is 0 Å². The van der Waals surface area contributed by atoms with Crippen LogP contribution >= 0.6 is 0 Å². The van der Waals surface area contributed by atoms with Crippen LogP contribution < -0.4 is 11.4 Å². The predicted molar refractivity (Wildman–Crippen MR) is 58.1 cm³/mol. The van der Waals surface area contributed by atoms with Gasteiger partial charge in [0.25, 0.3) is 0 Å². The number of benzene rings is 1. The second-order valence-corrected chi connectivity index (χ2v) is 3.28. The molecule has 0 unspecified atom stereocenters. The van der Waals surface area contributed by atoms with Gasteiger partial charge in [0, 0.05) is 5.39 Å². The van der Waals surface area contributed by atoms with Gasteiger partial charge >= 0.3 is 11.7 Å². The smallest absolute Gasteiger partial charge is 0.350 e. The molecule has 0 saturated carbocycles. The Bertz CT molecular complexity index is 618. The summed E-state index contributed by atoms with van der Waals surface area (Å²) in [4.78, 5) is 25.8. The molecule has 3 N–H and O–H groups in total. The number of nitrogen functional groups attached to an aromatic ring is 1. The lowest BCUT2D eigenvalue weighted by molar-refractivity contribution is -0.137. The average Bonchev–Trinajstić information content (AvgIpc) is 2.24. The number of fused-ring (bicyclic) bond motifs is 1. The molecule has 0 atom stereocenters. The Morgan fingerprint density at radius 1 is 1.44 bits per heavy atom. The molecule has 6 heteroatoms. The van der Waals surface area contributed by atoms with Gasteiger partial charge < -0.3 is 10.8 Å². The summed E-state index contributed by atoms with van der Waals surface area (Å²) in [7, 11) is 0. The zero-order valence-electron chi connectivity index (χ0n) is 8.25. The number of aliphatic carboxylic acids is 1. The van der Waals surface area contributed by atoms with Gasteiger partial charge in [-0.2, -0.15) is 4.98 Å². The molecule has 0 aliphatic carbocycles. The Labute approximate surface area is 89.9 Å². The van der Waals surface area contributed by atoms with E-state index in [0.29, 0.717) is 10.9 Å². The van der Waals surface area contributed by atoms with Crippen LogP contribution in [-0.2, 0) is 11.3 Å². The predicted octanol–water partition coefficient (Wildman–Crippen LogP) is 0.0633. The zero-order chi connectivity index (χ0) is 11.7. The summed E-state index contributed by atoms with van der Waals surface area (Å²) in [5.74, 6) is -1.01. The van der Waals surface area contributed by atoms with Crippen molar-refractivity contribution in [3.8, 4) is 0 Å². The second kappa shape index (κ2) is 3.65. The van der Waals surface area contributed by atoms with Crippen molar-refractivity contribution in [3.05, 3.63) is 34.7 Å². The molecule has 2 aromatic rings. The Morgan fingerprint density at radius 2 is 2.12 bits per heavy atom.